The van der Waals surface area contributed by atoms with Crippen molar-refractivity contribution in [3.05, 3.63) is 95.5 Å². The normalized spacial score (nSPS) is 10.9. The zero-order valence-electron chi connectivity index (χ0n) is 15.7. The predicted molar refractivity (Wildman–Crippen MR) is 121 cm³/mol. The number of hydrogen-bond acceptors (Lipinski definition) is 1. The van der Waals surface area contributed by atoms with Crippen LogP contribution in [0.3, 0.4) is 0 Å². The largest absolute Gasteiger partial charge is 0.275 e. The van der Waals surface area contributed by atoms with Gasteiger partial charge in [-0.1, -0.05) is 90.1 Å². The topological polar surface area (TPSA) is 22.0 Å². The molecule has 3 aromatic carbocycles. The van der Waals surface area contributed by atoms with Gasteiger partial charge in [0.05, 0.1) is 11.2 Å². The number of hydrogen-bond donors (Lipinski definition) is 0. The van der Waals surface area contributed by atoms with Crippen LogP contribution in [0, 0.1) is 0 Å². The van der Waals surface area contributed by atoms with Gasteiger partial charge < -0.3 is 0 Å². The molecule has 4 rings (SSSR count). The zero-order chi connectivity index (χ0) is 19.7. The molecule has 28 heavy (non-hydrogen) atoms. The predicted octanol–water partition coefficient (Wildman–Crippen LogP) is 7.34. The number of halogens is 1. The van der Waals surface area contributed by atoms with E-state index >= 15 is 0 Å². The van der Waals surface area contributed by atoms with Gasteiger partial charge in [0.25, 0.3) is 5.91 Å². The third-order valence-electron chi connectivity index (χ3n) is 4.97. The molecule has 0 spiro atoms. The van der Waals surface area contributed by atoms with Crippen LogP contribution in [0.15, 0.2) is 95.5 Å². The Balaban J connectivity index is 2.18. The van der Waals surface area contributed by atoms with Gasteiger partial charge in [-0.15, -0.1) is 0 Å². The fraction of sp³-hybridized carbons (Fsp3) is 0.0800. The average Bonchev–Trinajstić information content (AvgIpc) is 3.08. The summed E-state index contributed by atoms with van der Waals surface area (Å²) in [5.41, 5.74) is 5.53. The second-order valence-corrected chi connectivity index (χ2v) is 7.63. The van der Waals surface area contributed by atoms with Crippen molar-refractivity contribution in [2.75, 3.05) is 0 Å². The van der Waals surface area contributed by atoms with Crippen LogP contribution in [-0.4, -0.2) is 10.5 Å². The standard InChI is InChI=1S/C25H20BrNO/c1-3-17(2)25(28)27-22-15-14-20(26)16-21(22)23(18-10-6-4-7-11-18)24(27)19-12-8-5-9-13-19/h4-16H,2-3H2,1H3. The molecule has 0 fully saturated rings. The summed E-state index contributed by atoms with van der Waals surface area (Å²) in [7, 11) is 0. The van der Waals surface area contributed by atoms with E-state index in [-0.39, 0.29) is 5.91 Å². The minimum Gasteiger partial charge on any atom is -0.275 e. The van der Waals surface area contributed by atoms with Gasteiger partial charge in [-0.25, -0.2) is 0 Å². The van der Waals surface area contributed by atoms with Crippen molar-refractivity contribution < 1.29 is 4.79 Å². The van der Waals surface area contributed by atoms with Gasteiger partial charge in [0.15, 0.2) is 0 Å². The summed E-state index contributed by atoms with van der Waals surface area (Å²) in [6, 6.07) is 26.4. The molecule has 0 atom stereocenters. The molecule has 4 aromatic rings. The molecule has 0 saturated carbocycles. The van der Waals surface area contributed by atoms with E-state index in [1.807, 2.05) is 72.2 Å². The van der Waals surface area contributed by atoms with E-state index < -0.39 is 0 Å². The fourth-order valence-electron chi connectivity index (χ4n) is 3.55. The maximum absolute atomic E-state index is 13.4. The van der Waals surface area contributed by atoms with E-state index in [4.69, 9.17) is 0 Å². The number of allylic oxidation sites excluding steroid dienone is 1. The quantitative estimate of drug-likeness (QED) is 0.311. The van der Waals surface area contributed by atoms with Gasteiger partial charge >= 0.3 is 0 Å². The first-order valence-electron chi connectivity index (χ1n) is 9.29. The molecule has 0 aliphatic rings. The maximum Gasteiger partial charge on any atom is 0.258 e. The molecular formula is C25H20BrNO. The van der Waals surface area contributed by atoms with E-state index in [0.29, 0.717) is 12.0 Å². The highest BCUT2D eigenvalue weighted by molar-refractivity contribution is 9.10. The first kappa shape index (κ1) is 18.5. The van der Waals surface area contributed by atoms with Gasteiger partial charge in [-0.2, -0.15) is 0 Å². The molecule has 138 valence electrons. The molecule has 1 aromatic heterocycles. The van der Waals surface area contributed by atoms with E-state index in [1.165, 1.54) is 0 Å². The van der Waals surface area contributed by atoms with E-state index in [2.05, 4.69) is 40.7 Å². The van der Waals surface area contributed by atoms with E-state index in [0.717, 1.165) is 37.8 Å². The van der Waals surface area contributed by atoms with Crippen LogP contribution >= 0.6 is 15.9 Å². The lowest BCUT2D eigenvalue weighted by Crippen LogP contribution is -2.13. The van der Waals surface area contributed by atoms with E-state index in [1.54, 1.807) is 0 Å². The maximum atomic E-state index is 13.4. The number of carbonyl (C=O) groups excluding carboxylic acids is 1. The molecule has 0 aliphatic heterocycles. The van der Waals surface area contributed by atoms with Gasteiger partial charge in [0.1, 0.15) is 0 Å². The van der Waals surface area contributed by atoms with Crippen molar-refractivity contribution in [2.45, 2.75) is 13.3 Å². The van der Waals surface area contributed by atoms with Crippen molar-refractivity contribution >= 4 is 32.7 Å². The Kier molecular flexibility index (Phi) is 5.01. The molecule has 0 N–H and O–H groups in total. The number of nitrogens with zero attached hydrogens (tertiary/aromatic N) is 1. The molecule has 0 radical (unpaired) electrons. The van der Waals surface area contributed by atoms with Crippen LogP contribution < -0.4 is 0 Å². The summed E-state index contributed by atoms with van der Waals surface area (Å²) >= 11 is 3.60. The van der Waals surface area contributed by atoms with Crippen molar-refractivity contribution in [1.82, 2.24) is 4.57 Å². The SMILES string of the molecule is C=C(CC)C(=O)n1c(-c2ccccc2)c(-c2ccccc2)c2cc(Br)ccc21. The summed E-state index contributed by atoms with van der Waals surface area (Å²) in [6.45, 7) is 5.97. The summed E-state index contributed by atoms with van der Waals surface area (Å²) in [5.74, 6) is -0.0594. The number of rotatable bonds is 4. The molecule has 2 nitrogen and oxygen atoms in total. The molecule has 0 bridgehead atoms. The number of aromatic nitrogens is 1. The average molecular weight is 430 g/mol. The van der Waals surface area contributed by atoms with Crippen LogP contribution in [0.4, 0.5) is 0 Å². The van der Waals surface area contributed by atoms with Crippen LogP contribution in [-0.2, 0) is 0 Å². The Morgan fingerprint density at radius 3 is 2.14 bits per heavy atom. The number of fused-ring (bicyclic) bond motifs is 1. The van der Waals surface area contributed by atoms with Crippen LogP contribution in [0.25, 0.3) is 33.3 Å². The smallest absolute Gasteiger partial charge is 0.258 e. The third kappa shape index (κ3) is 3.12. The summed E-state index contributed by atoms with van der Waals surface area (Å²) in [5, 5.41) is 1.04. The molecule has 0 saturated heterocycles. The summed E-state index contributed by atoms with van der Waals surface area (Å²) < 4.78 is 2.81. The lowest BCUT2D eigenvalue weighted by Gasteiger charge is -2.12. The van der Waals surface area contributed by atoms with Gasteiger partial charge in [0, 0.05) is 21.0 Å². The lowest BCUT2D eigenvalue weighted by atomic mass is 9.98. The molecule has 0 aliphatic carbocycles. The number of benzene rings is 3. The Morgan fingerprint density at radius 2 is 1.54 bits per heavy atom. The molecule has 0 amide bonds. The molecule has 1 heterocycles. The Labute approximate surface area is 173 Å². The van der Waals surface area contributed by atoms with Crippen molar-refractivity contribution in [3.63, 3.8) is 0 Å². The molecule has 0 unspecified atom stereocenters. The second-order valence-electron chi connectivity index (χ2n) is 6.71. The Bertz CT molecular complexity index is 1170. The number of carbonyl (C=O) groups is 1. The highest BCUT2D eigenvalue weighted by Crippen LogP contribution is 2.42. The highest BCUT2D eigenvalue weighted by Gasteiger charge is 2.24. The zero-order valence-corrected chi connectivity index (χ0v) is 17.2. The van der Waals surface area contributed by atoms with Crippen molar-refractivity contribution in [3.8, 4) is 22.4 Å². The van der Waals surface area contributed by atoms with Gasteiger partial charge in [-0.3, -0.25) is 9.36 Å². The Morgan fingerprint density at radius 1 is 0.929 bits per heavy atom. The molecular weight excluding hydrogens is 410 g/mol. The van der Waals surface area contributed by atoms with Crippen molar-refractivity contribution in [1.29, 1.82) is 0 Å². The molecule has 3 heteroatoms. The van der Waals surface area contributed by atoms with Crippen LogP contribution in [0.1, 0.15) is 18.1 Å². The third-order valence-corrected chi connectivity index (χ3v) is 5.46. The van der Waals surface area contributed by atoms with Crippen LogP contribution in [0.2, 0.25) is 0 Å². The highest BCUT2D eigenvalue weighted by atomic mass is 79.9. The van der Waals surface area contributed by atoms with E-state index in [9.17, 15) is 4.79 Å². The monoisotopic (exact) mass is 429 g/mol. The second kappa shape index (κ2) is 7.61. The first-order valence-corrected chi connectivity index (χ1v) is 10.1. The Hall–Kier alpha value is -2.91. The van der Waals surface area contributed by atoms with Crippen LogP contribution in [0.5, 0.6) is 0 Å². The lowest BCUT2D eigenvalue weighted by molar-refractivity contribution is 0.0959. The minimum absolute atomic E-state index is 0.0594. The van der Waals surface area contributed by atoms with Gasteiger partial charge in [0.2, 0.25) is 0 Å². The fourth-order valence-corrected chi connectivity index (χ4v) is 3.91. The summed E-state index contributed by atoms with van der Waals surface area (Å²) in [6.07, 6.45) is 0.615. The minimum atomic E-state index is -0.0594. The van der Waals surface area contributed by atoms with Crippen molar-refractivity contribution in [2.24, 2.45) is 0 Å². The summed E-state index contributed by atoms with van der Waals surface area (Å²) in [4.78, 5) is 13.4. The first-order chi connectivity index (χ1) is 13.6. The van der Waals surface area contributed by atoms with Gasteiger partial charge in [-0.05, 0) is 35.7 Å².